The zero-order chi connectivity index (χ0) is 25.4. The van der Waals surface area contributed by atoms with E-state index >= 15 is 0 Å². The lowest BCUT2D eigenvalue weighted by molar-refractivity contribution is 0.328. The van der Waals surface area contributed by atoms with Gasteiger partial charge in [0, 0.05) is 15.9 Å². The molecule has 0 aromatic heterocycles. The molecule has 0 spiro atoms. The number of hydrogen-bond donors (Lipinski definition) is 0. The lowest BCUT2D eigenvalue weighted by atomic mass is 10.4. The zero-order valence-corrected chi connectivity index (χ0v) is 23.6. The van der Waals surface area contributed by atoms with Crippen LogP contribution in [0.4, 0.5) is 0 Å². The van der Waals surface area contributed by atoms with Crippen molar-refractivity contribution in [3.63, 3.8) is 0 Å². The van der Waals surface area contributed by atoms with E-state index in [1.165, 1.54) is 0 Å². The van der Waals surface area contributed by atoms with Gasteiger partial charge in [0.1, 0.15) is 0 Å². The van der Waals surface area contributed by atoms with Crippen molar-refractivity contribution >= 4 is 48.6 Å². The van der Waals surface area contributed by atoms with Crippen LogP contribution >= 0.6 is 32.7 Å². The molecular weight excluding hydrogens is 521 g/mol. The van der Waals surface area contributed by atoms with Crippen LogP contribution in [0.25, 0.3) is 0 Å². The number of rotatable bonds is 13. The Morgan fingerprint density at radius 3 is 1.26 bits per heavy atom. The second-order valence-electron chi connectivity index (χ2n) is 7.38. The summed E-state index contributed by atoms with van der Waals surface area (Å²) in [6.45, 7) is 1.86. The van der Waals surface area contributed by atoms with Crippen molar-refractivity contribution in [1.82, 2.24) is 0 Å². The van der Waals surface area contributed by atoms with Gasteiger partial charge in [-0.1, -0.05) is 54.6 Å². The SMILES string of the molecule is CCOP(=O)(SC(P(=O)(OCC)c1ccccc1)P(=O)(OCC)c1ccccc1)c1ccccc1. The molecule has 0 bridgehead atoms. The van der Waals surface area contributed by atoms with E-state index in [-0.39, 0.29) is 19.8 Å². The van der Waals surface area contributed by atoms with E-state index in [0.717, 1.165) is 11.4 Å². The predicted molar refractivity (Wildman–Crippen MR) is 147 cm³/mol. The van der Waals surface area contributed by atoms with E-state index in [9.17, 15) is 13.7 Å². The predicted octanol–water partition coefficient (Wildman–Crippen LogP) is 6.84. The van der Waals surface area contributed by atoms with Crippen molar-refractivity contribution in [3.05, 3.63) is 91.0 Å². The summed E-state index contributed by atoms with van der Waals surface area (Å²) >= 11 is 0.810. The normalized spacial score (nSPS) is 17.6. The third-order valence-corrected chi connectivity index (χ3v) is 19.1. The van der Waals surface area contributed by atoms with Crippen molar-refractivity contribution in [2.24, 2.45) is 0 Å². The Morgan fingerprint density at radius 1 is 0.571 bits per heavy atom. The van der Waals surface area contributed by atoms with Crippen molar-refractivity contribution < 1.29 is 27.3 Å². The Morgan fingerprint density at radius 2 is 0.914 bits per heavy atom. The van der Waals surface area contributed by atoms with Crippen LogP contribution in [0.5, 0.6) is 0 Å². The summed E-state index contributed by atoms with van der Waals surface area (Å²) in [5.41, 5.74) is 0. The molecule has 0 amide bonds. The topological polar surface area (TPSA) is 78.9 Å². The Balaban J connectivity index is 2.30. The van der Waals surface area contributed by atoms with Crippen molar-refractivity contribution in [2.75, 3.05) is 19.8 Å². The first-order chi connectivity index (χ1) is 16.8. The number of hydrogen-bond acceptors (Lipinski definition) is 7. The maximum atomic E-state index is 14.9. The summed E-state index contributed by atoms with van der Waals surface area (Å²) in [6.07, 6.45) is 0. The second kappa shape index (κ2) is 12.7. The van der Waals surface area contributed by atoms with E-state index in [0.29, 0.717) is 15.9 Å². The van der Waals surface area contributed by atoms with Gasteiger partial charge in [0.25, 0.3) is 21.3 Å². The fourth-order valence-corrected chi connectivity index (χ4v) is 19.4. The van der Waals surface area contributed by atoms with Crippen LogP contribution in [-0.4, -0.2) is 24.6 Å². The molecule has 0 aliphatic heterocycles. The summed E-state index contributed by atoms with van der Waals surface area (Å²) in [5, 5.41) is 1.20. The van der Waals surface area contributed by atoms with Crippen LogP contribution in [0.3, 0.4) is 0 Å². The highest BCUT2D eigenvalue weighted by Crippen LogP contribution is 2.79. The third kappa shape index (κ3) is 6.29. The molecule has 35 heavy (non-hydrogen) atoms. The van der Waals surface area contributed by atoms with Gasteiger partial charge < -0.3 is 13.6 Å². The molecule has 3 unspecified atom stereocenters. The first-order valence-corrected chi connectivity index (χ1v) is 17.9. The van der Waals surface area contributed by atoms with E-state index in [4.69, 9.17) is 13.6 Å². The van der Waals surface area contributed by atoms with Gasteiger partial charge >= 0.3 is 0 Å². The second-order valence-corrected chi connectivity index (χ2v) is 18.0. The highest BCUT2D eigenvalue weighted by atomic mass is 32.7. The Labute approximate surface area is 211 Å². The maximum absolute atomic E-state index is 14.9. The standard InChI is InChI=1S/C25H31O6P3S/c1-4-29-32(26,22-16-10-7-11-17-22)25(33(27,30-5-2)23-18-12-8-13-19-23)35-34(28,31-6-3)24-20-14-9-15-21-24/h7-21,25H,4-6H2,1-3H3. The molecule has 3 rings (SSSR count). The summed E-state index contributed by atoms with van der Waals surface area (Å²) in [4.78, 5) is 0. The van der Waals surface area contributed by atoms with E-state index in [1.54, 1.807) is 106 Å². The molecule has 6 nitrogen and oxygen atoms in total. The van der Waals surface area contributed by atoms with Gasteiger partial charge in [0.15, 0.2) is 4.73 Å². The molecule has 3 aromatic carbocycles. The first kappa shape index (κ1) is 28.2. The third-order valence-electron chi connectivity index (χ3n) is 5.06. The smallest absolute Gasteiger partial charge is 0.288 e. The van der Waals surface area contributed by atoms with Gasteiger partial charge in [-0.05, 0) is 68.6 Å². The lowest BCUT2D eigenvalue weighted by Gasteiger charge is -2.34. The number of benzene rings is 3. The highest BCUT2D eigenvalue weighted by molar-refractivity contribution is 8.62. The lowest BCUT2D eigenvalue weighted by Crippen LogP contribution is -2.24. The fraction of sp³-hybridized carbons (Fsp3) is 0.280. The van der Waals surface area contributed by atoms with E-state index in [2.05, 4.69) is 0 Å². The van der Waals surface area contributed by atoms with Crippen LogP contribution in [0, 0.1) is 0 Å². The molecule has 0 saturated carbocycles. The summed E-state index contributed by atoms with van der Waals surface area (Å²) in [7, 11) is -7.83. The average molecular weight is 553 g/mol. The minimum atomic E-state index is -3.92. The molecule has 0 saturated heterocycles. The van der Waals surface area contributed by atoms with E-state index in [1.807, 2.05) is 6.07 Å². The van der Waals surface area contributed by atoms with Crippen LogP contribution in [0.15, 0.2) is 91.0 Å². The van der Waals surface area contributed by atoms with Crippen molar-refractivity contribution in [2.45, 2.75) is 25.5 Å². The van der Waals surface area contributed by atoms with Gasteiger partial charge in [-0.3, -0.25) is 13.7 Å². The van der Waals surface area contributed by atoms with Crippen molar-refractivity contribution in [1.29, 1.82) is 0 Å². The Hall–Kier alpha value is -1.42. The average Bonchev–Trinajstić information content (AvgIpc) is 2.89. The molecule has 3 atom stereocenters. The molecular formula is C25H31O6P3S. The molecule has 0 N–H and O–H groups in total. The van der Waals surface area contributed by atoms with E-state index < -0.39 is 26.0 Å². The molecule has 0 aliphatic rings. The Bertz CT molecular complexity index is 1140. The highest BCUT2D eigenvalue weighted by Gasteiger charge is 2.54. The van der Waals surface area contributed by atoms with Gasteiger partial charge in [0.2, 0.25) is 0 Å². The molecule has 10 heteroatoms. The van der Waals surface area contributed by atoms with Crippen LogP contribution in [-0.2, 0) is 27.3 Å². The van der Waals surface area contributed by atoms with Crippen LogP contribution < -0.4 is 15.9 Å². The zero-order valence-electron chi connectivity index (χ0n) is 20.1. The van der Waals surface area contributed by atoms with Crippen molar-refractivity contribution in [3.8, 4) is 0 Å². The first-order valence-electron chi connectivity index (χ1n) is 11.4. The summed E-state index contributed by atoms with van der Waals surface area (Å²) in [5.74, 6) is 0. The monoisotopic (exact) mass is 552 g/mol. The van der Waals surface area contributed by atoms with Crippen LogP contribution in [0.2, 0.25) is 0 Å². The largest absolute Gasteiger partial charge is 0.324 e. The minimum Gasteiger partial charge on any atom is -0.324 e. The summed E-state index contributed by atoms with van der Waals surface area (Å²) in [6, 6.07) is 26.0. The molecule has 0 fully saturated rings. The molecule has 0 aliphatic carbocycles. The fourth-order valence-electron chi connectivity index (χ4n) is 3.58. The Kier molecular flexibility index (Phi) is 10.2. The van der Waals surface area contributed by atoms with Gasteiger partial charge in [0.05, 0.1) is 19.8 Å². The summed E-state index contributed by atoms with van der Waals surface area (Å²) < 4.78 is 60.5. The van der Waals surface area contributed by atoms with Gasteiger partial charge in [-0.25, -0.2) is 0 Å². The minimum absolute atomic E-state index is 0.106. The molecule has 188 valence electrons. The quantitative estimate of drug-likeness (QED) is 0.215. The molecule has 0 heterocycles. The van der Waals surface area contributed by atoms with Gasteiger partial charge in [-0.15, -0.1) is 0 Å². The van der Waals surface area contributed by atoms with Gasteiger partial charge in [-0.2, -0.15) is 0 Å². The van der Waals surface area contributed by atoms with Crippen LogP contribution in [0.1, 0.15) is 20.8 Å². The molecule has 3 aromatic rings. The maximum Gasteiger partial charge on any atom is 0.288 e. The molecule has 0 radical (unpaired) electrons.